The van der Waals surface area contributed by atoms with Crippen LogP contribution in [0.3, 0.4) is 0 Å². The number of nitrogens with one attached hydrogen (secondary N) is 2. The molecule has 126 valence electrons. The lowest BCUT2D eigenvalue weighted by Crippen LogP contribution is -2.00. The van der Waals surface area contributed by atoms with Crippen molar-refractivity contribution >= 4 is 52.0 Å². The van der Waals surface area contributed by atoms with Gasteiger partial charge in [0.1, 0.15) is 18.0 Å². The minimum atomic E-state index is 0.00397. The largest absolute Gasteiger partial charge is 0.340 e. The number of carbonyl (C=O) groups excluding carboxylic acids is 1. The van der Waals surface area contributed by atoms with Crippen LogP contribution in [0.15, 0.2) is 54.9 Å². The first-order chi connectivity index (χ1) is 12.0. The van der Waals surface area contributed by atoms with Gasteiger partial charge in [0, 0.05) is 22.3 Å². The predicted molar refractivity (Wildman–Crippen MR) is 102 cm³/mol. The molecule has 0 saturated carbocycles. The molecule has 0 bridgehead atoms. The lowest BCUT2D eigenvalue weighted by Gasteiger charge is -2.10. The van der Waals surface area contributed by atoms with Crippen molar-refractivity contribution in [3.05, 3.63) is 70.5 Å². The fourth-order valence-electron chi connectivity index (χ4n) is 2.19. The van der Waals surface area contributed by atoms with Gasteiger partial charge in [0.25, 0.3) is 0 Å². The van der Waals surface area contributed by atoms with Gasteiger partial charge in [-0.3, -0.25) is 4.79 Å². The van der Waals surface area contributed by atoms with Crippen LogP contribution in [0, 0.1) is 0 Å². The van der Waals surface area contributed by atoms with Crippen LogP contribution in [0.4, 0.5) is 23.0 Å². The number of hydrogen-bond acceptors (Lipinski definition) is 5. The van der Waals surface area contributed by atoms with E-state index in [4.69, 9.17) is 23.2 Å². The van der Waals surface area contributed by atoms with Gasteiger partial charge in [-0.05, 0) is 37.3 Å². The molecule has 25 heavy (non-hydrogen) atoms. The molecule has 0 spiro atoms. The second-order valence-corrected chi connectivity index (χ2v) is 6.14. The van der Waals surface area contributed by atoms with E-state index in [0.29, 0.717) is 32.9 Å². The van der Waals surface area contributed by atoms with Crippen molar-refractivity contribution in [1.29, 1.82) is 0 Å². The van der Waals surface area contributed by atoms with Crippen molar-refractivity contribution < 1.29 is 4.79 Å². The number of Topliss-reactive ketones (excluding diaryl/α,β-unsaturated/α-hetero) is 1. The minimum absolute atomic E-state index is 0.00397. The molecule has 0 atom stereocenters. The number of hydrogen-bond donors (Lipinski definition) is 2. The summed E-state index contributed by atoms with van der Waals surface area (Å²) in [7, 11) is 0. The Balaban J connectivity index is 1.81. The van der Waals surface area contributed by atoms with E-state index in [1.807, 2.05) is 12.1 Å². The van der Waals surface area contributed by atoms with Crippen LogP contribution in [0.25, 0.3) is 0 Å². The molecule has 0 aliphatic heterocycles. The average molecular weight is 373 g/mol. The molecule has 0 aliphatic rings. The number of ketones is 1. The van der Waals surface area contributed by atoms with Crippen molar-refractivity contribution in [3.63, 3.8) is 0 Å². The smallest absolute Gasteiger partial charge is 0.159 e. The van der Waals surface area contributed by atoms with Crippen molar-refractivity contribution in [2.45, 2.75) is 6.92 Å². The number of halogens is 2. The molecule has 7 heteroatoms. The van der Waals surface area contributed by atoms with Crippen molar-refractivity contribution in [2.75, 3.05) is 10.6 Å². The van der Waals surface area contributed by atoms with Crippen LogP contribution in [-0.4, -0.2) is 15.8 Å². The third-order valence-corrected chi connectivity index (χ3v) is 3.96. The maximum atomic E-state index is 11.5. The molecule has 0 aliphatic carbocycles. The zero-order valence-corrected chi connectivity index (χ0v) is 14.8. The number of carbonyl (C=O) groups is 1. The van der Waals surface area contributed by atoms with Crippen LogP contribution in [0.5, 0.6) is 0 Å². The summed E-state index contributed by atoms with van der Waals surface area (Å²) in [5.41, 5.74) is 2.04. The normalized spacial score (nSPS) is 10.4. The summed E-state index contributed by atoms with van der Waals surface area (Å²) in [4.78, 5) is 19.8. The molecule has 1 aromatic heterocycles. The first kappa shape index (κ1) is 17.2. The minimum Gasteiger partial charge on any atom is -0.340 e. The van der Waals surface area contributed by atoms with E-state index >= 15 is 0 Å². The van der Waals surface area contributed by atoms with E-state index in [-0.39, 0.29) is 5.78 Å². The summed E-state index contributed by atoms with van der Waals surface area (Å²) in [6.07, 6.45) is 1.43. The topological polar surface area (TPSA) is 66.9 Å². The molecule has 5 nitrogen and oxygen atoms in total. The van der Waals surface area contributed by atoms with Gasteiger partial charge in [-0.15, -0.1) is 0 Å². The highest BCUT2D eigenvalue weighted by Crippen LogP contribution is 2.28. The third kappa shape index (κ3) is 4.47. The molecule has 2 aromatic carbocycles. The zero-order chi connectivity index (χ0) is 17.8. The Morgan fingerprint density at radius 3 is 2.48 bits per heavy atom. The van der Waals surface area contributed by atoms with E-state index in [0.717, 1.165) is 5.69 Å². The molecule has 0 fully saturated rings. The summed E-state index contributed by atoms with van der Waals surface area (Å²) in [5, 5.41) is 7.36. The van der Waals surface area contributed by atoms with Crippen LogP contribution in [0.2, 0.25) is 10.0 Å². The summed E-state index contributed by atoms with van der Waals surface area (Å²) in [6.45, 7) is 1.53. The average Bonchev–Trinajstić information content (AvgIpc) is 2.59. The van der Waals surface area contributed by atoms with E-state index in [9.17, 15) is 4.79 Å². The Bertz CT molecular complexity index is 930. The first-order valence-electron chi connectivity index (χ1n) is 7.43. The van der Waals surface area contributed by atoms with Crippen LogP contribution >= 0.6 is 23.2 Å². The van der Waals surface area contributed by atoms with Gasteiger partial charge in [0.05, 0.1) is 10.7 Å². The van der Waals surface area contributed by atoms with Gasteiger partial charge in [-0.2, -0.15) is 0 Å². The molecular weight excluding hydrogens is 359 g/mol. The van der Waals surface area contributed by atoms with Gasteiger partial charge in [-0.1, -0.05) is 35.3 Å². The molecule has 0 amide bonds. The van der Waals surface area contributed by atoms with Gasteiger partial charge >= 0.3 is 0 Å². The zero-order valence-electron chi connectivity index (χ0n) is 13.3. The Kier molecular flexibility index (Phi) is 5.16. The van der Waals surface area contributed by atoms with E-state index in [1.165, 1.54) is 13.3 Å². The summed E-state index contributed by atoms with van der Waals surface area (Å²) >= 11 is 12.1. The van der Waals surface area contributed by atoms with Gasteiger partial charge in [0.15, 0.2) is 5.78 Å². The molecule has 3 rings (SSSR count). The molecule has 0 unspecified atom stereocenters. The van der Waals surface area contributed by atoms with E-state index < -0.39 is 0 Å². The Morgan fingerprint density at radius 2 is 1.72 bits per heavy atom. The fourth-order valence-corrected chi connectivity index (χ4v) is 2.53. The number of rotatable bonds is 5. The maximum absolute atomic E-state index is 11.5. The molecule has 3 aromatic rings. The predicted octanol–water partition coefficient (Wildman–Crippen LogP) is 5.47. The third-order valence-electron chi connectivity index (χ3n) is 3.40. The van der Waals surface area contributed by atoms with E-state index in [1.54, 1.807) is 36.4 Å². The highest BCUT2D eigenvalue weighted by atomic mass is 35.5. The van der Waals surface area contributed by atoms with Gasteiger partial charge in [-0.25, -0.2) is 9.97 Å². The number of aromatic nitrogens is 2. The fraction of sp³-hybridized carbons (Fsp3) is 0.0556. The van der Waals surface area contributed by atoms with Gasteiger partial charge in [0.2, 0.25) is 0 Å². The highest BCUT2D eigenvalue weighted by Gasteiger charge is 2.06. The second kappa shape index (κ2) is 7.51. The summed E-state index contributed by atoms with van der Waals surface area (Å²) < 4.78 is 0. The molecule has 2 N–H and O–H groups in total. The summed E-state index contributed by atoms with van der Waals surface area (Å²) in [5.74, 6) is 1.14. The first-order valence-corrected chi connectivity index (χ1v) is 8.19. The second-order valence-electron chi connectivity index (χ2n) is 5.30. The molecular formula is C18H14Cl2N4O. The molecule has 0 radical (unpaired) electrons. The van der Waals surface area contributed by atoms with Crippen molar-refractivity contribution in [1.82, 2.24) is 9.97 Å². The molecule has 1 heterocycles. The van der Waals surface area contributed by atoms with Gasteiger partial charge < -0.3 is 10.6 Å². The highest BCUT2D eigenvalue weighted by molar-refractivity contribution is 6.35. The van der Waals surface area contributed by atoms with Crippen LogP contribution in [0.1, 0.15) is 17.3 Å². The quantitative estimate of drug-likeness (QED) is 0.580. The Hall–Kier alpha value is -2.63. The standard InChI is InChI=1S/C18H14Cl2N4O/c1-11(25)12-3-2-4-14(7-12)23-17-9-18(22-10-21-17)24-16-8-13(19)5-6-15(16)20/h2-10H,1H3,(H2,21,22,23,24). The molecule has 0 saturated heterocycles. The van der Waals surface area contributed by atoms with E-state index in [2.05, 4.69) is 20.6 Å². The summed E-state index contributed by atoms with van der Waals surface area (Å²) in [6, 6.07) is 14.1. The Labute approximate surface area is 155 Å². The lowest BCUT2D eigenvalue weighted by atomic mass is 10.1. The number of anilines is 4. The van der Waals surface area contributed by atoms with Crippen LogP contribution in [-0.2, 0) is 0 Å². The Morgan fingerprint density at radius 1 is 0.960 bits per heavy atom. The van der Waals surface area contributed by atoms with Crippen molar-refractivity contribution in [2.24, 2.45) is 0 Å². The van der Waals surface area contributed by atoms with Crippen molar-refractivity contribution in [3.8, 4) is 0 Å². The maximum Gasteiger partial charge on any atom is 0.159 e. The monoisotopic (exact) mass is 372 g/mol. The lowest BCUT2D eigenvalue weighted by molar-refractivity contribution is 0.101. The number of nitrogens with zero attached hydrogens (tertiary/aromatic N) is 2. The SMILES string of the molecule is CC(=O)c1cccc(Nc2cc(Nc3cc(Cl)ccc3Cl)ncn2)c1. The number of benzene rings is 2. The van der Waals surface area contributed by atoms with Crippen LogP contribution < -0.4 is 10.6 Å².